The zero-order valence-corrected chi connectivity index (χ0v) is 15.8. The molecule has 0 aliphatic carbocycles. The summed E-state index contributed by atoms with van der Waals surface area (Å²) in [6.45, 7) is 0.316. The smallest absolute Gasteiger partial charge is 0.293 e. The largest absolute Gasteiger partial charge is 0.493 e. The van der Waals surface area contributed by atoms with Gasteiger partial charge >= 0.3 is 0 Å². The molecule has 0 radical (unpaired) electrons. The van der Waals surface area contributed by atoms with Crippen LogP contribution in [0.15, 0.2) is 41.3 Å². The maximum absolute atomic E-state index is 12.7. The van der Waals surface area contributed by atoms with Gasteiger partial charge in [-0.3, -0.25) is 14.5 Å². The van der Waals surface area contributed by atoms with E-state index in [-0.39, 0.29) is 24.5 Å². The van der Waals surface area contributed by atoms with Crippen molar-refractivity contribution in [1.82, 2.24) is 4.90 Å². The molecule has 1 saturated heterocycles. The highest BCUT2D eigenvalue weighted by atomic mass is 35.5. The van der Waals surface area contributed by atoms with Gasteiger partial charge in [-0.25, -0.2) is 0 Å². The number of benzene rings is 2. The van der Waals surface area contributed by atoms with Crippen LogP contribution >= 0.6 is 23.4 Å². The molecule has 0 saturated carbocycles. The third-order valence-corrected chi connectivity index (χ3v) is 5.27. The Morgan fingerprint density at radius 2 is 2.00 bits per heavy atom. The quantitative estimate of drug-likeness (QED) is 0.708. The lowest BCUT2D eigenvalue weighted by Crippen LogP contribution is -2.27. The van der Waals surface area contributed by atoms with E-state index in [0.29, 0.717) is 32.7 Å². The van der Waals surface area contributed by atoms with Crippen molar-refractivity contribution in [2.24, 2.45) is 0 Å². The maximum Gasteiger partial charge on any atom is 0.293 e. The van der Waals surface area contributed by atoms with Gasteiger partial charge in [0.25, 0.3) is 11.1 Å². The molecule has 0 N–H and O–H groups in total. The molecular formula is C19H14ClNO5S. The number of thioether (sulfide) groups is 1. The molecule has 1 fully saturated rings. The third kappa shape index (κ3) is 3.48. The number of ether oxygens (including phenoxy) is 3. The SMILES string of the molecule is COc1cc(/C=C2/SC(=O)N(Cc3ccc(Cl)cc3)C2=O)cc2c1OCO2. The van der Waals surface area contributed by atoms with Crippen LogP contribution in [0.2, 0.25) is 5.02 Å². The first-order valence-electron chi connectivity index (χ1n) is 8.02. The number of hydrogen-bond acceptors (Lipinski definition) is 6. The van der Waals surface area contributed by atoms with Gasteiger partial charge in [0.2, 0.25) is 12.5 Å². The number of methoxy groups -OCH3 is 1. The molecule has 2 aromatic rings. The van der Waals surface area contributed by atoms with Gasteiger partial charge < -0.3 is 14.2 Å². The number of hydrogen-bond donors (Lipinski definition) is 0. The average Bonchev–Trinajstić information content (AvgIpc) is 3.23. The predicted molar refractivity (Wildman–Crippen MR) is 102 cm³/mol. The third-order valence-electron chi connectivity index (χ3n) is 4.11. The van der Waals surface area contributed by atoms with Gasteiger partial charge in [0.15, 0.2) is 11.5 Å². The van der Waals surface area contributed by atoms with Crippen molar-refractivity contribution >= 4 is 40.6 Å². The number of nitrogens with zero attached hydrogens (tertiary/aromatic N) is 1. The summed E-state index contributed by atoms with van der Waals surface area (Å²) < 4.78 is 16.1. The Morgan fingerprint density at radius 1 is 1.22 bits per heavy atom. The molecule has 2 aromatic carbocycles. The van der Waals surface area contributed by atoms with Crippen molar-refractivity contribution in [2.75, 3.05) is 13.9 Å². The zero-order valence-electron chi connectivity index (χ0n) is 14.2. The first-order valence-corrected chi connectivity index (χ1v) is 9.22. The lowest BCUT2D eigenvalue weighted by molar-refractivity contribution is -0.123. The molecule has 0 spiro atoms. The number of halogens is 1. The van der Waals surface area contributed by atoms with Gasteiger partial charge in [0, 0.05) is 5.02 Å². The lowest BCUT2D eigenvalue weighted by Gasteiger charge is -2.12. The number of amides is 2. The molecule has 0 unspecified atom stereocenters. The number of carbonyl (C=O) groups is 2. The molecule has 0 atom stereocenters. The van der Waals surface area contributed by atoms with Gasteiger partial charge in [-0.15, -0.1) is 0 Å². The second-order valence-electron chi connectivity index (χ2n) is 5.85. The average molecular weight is 404 g/mol. The normalized spacial score (nSPS) is 17.1. The molecule has 0 bridgehead atoms. The van der Waals surface area contributed by atoms with E-state index in [1.54, 1.807) is 42.5 Å². The fourth-order valence-corrected chi connectivity index (χ4v) is 3.76. The Hall–Kier alpha value is -2.64. The van der Waals surface area contributed by atoms with E-state index < -0.39 is 0 Å². The van der Waals surface area contributed by atoms with Crippen LogP contribution in [0.4, 0.5) is 4.79 Å². The Labute approximate surface area is 164 Å². The van der Waals surface area contributed by atoms with Gasteiger partial charge in [0.1, 0.15) is 0 Å². The molecular weight excluding hydrogens is 390 g/mol. The van der Waals surface area contributed by atoms with Crippen LogP contribution < -0.4 is 14.2 Å². The Bertz CT molecular complexity index is 957. The highest BCUT2D eigenvalue weighted by Gasteiger charge is 2.35. The fraction of sp³-hybridized carbons (Fsp3) is 0.158. The molecule has 4 rings (SSSR count). The standard InChI is InChI=1S/C19H14ClNO5S/c1-24-14-6-12(7-15-17(14)26-10-25-15)8-16-18(22)21(19(23)27-16)9-11-2-4-13(20)5-3-11/h2-8H,9-10H2,1H3/b16-8+. The summed E-state index contributed by atoms with van der Waals surface area (Å²) in [4.78, 5) is 26.5. The second-order valence-corrected chi connectivity index (χ2v) is 7.28. The second kappa shape index (κ2) is 7.17. The molecule has 2 heterocycles. The van der Waals surface area contributed by atoms with Crippen molar-refractivity contribution in [3.8, 4) is 17.2 Å². The van der Waals surface area contributed by atoms with Crippen LogP contribution in [0.5, 0.6) is 17.2 Å². The summed E-state index contributed by atoms with van der Waals surface area (Å²) in [6, 6.07) is 10.5. The molecule has 8 heteroatoms. The highest BCUT2D eigenvalue weighted by molar-refractivity contribution is 8.18. The summed E-state index contributed by atoms with van der Waals surface area (Å²) in [5.41, 5.74) is 1.51. The summed E-state index contributed by atoms with van der Waals surface area (Å²) in [5, 5.41) is 0.290. The summed E-state index contributed by atoms with van der Waals surface area (Å²) >= 11 is 6.78. The van der Waals surface area contributed by atoms with E-state index in [1.165, 1.54) is 12.0 Å². The van der Waals surface area contributed by atoms with Crippen LogP contribution in [0, 0.1) is 0 Å². The molecule has 138 valence electrons. The number of carbonyl (C=O) groups excluding carboxylic acids is 2. The highest BCUT2D eigenvalue weighted by Crippen LogP contribution is 2.43. The van der Waals surface area contributed by atoms with Crippen molar-refractivity contribution in [3.63, 3.8) is 0 Å². The molecule has 6 nitrogen and oxygen atoms in total. The van der Waals surface area contributed by atoms with Crippen molar-refractivity contribution < 1.29 is 23.8 Å². The monoisotopic (exact) mass is 403 g/mol. The topological polar surface area (TPSA) is 65.1 Å². The van der Waals surface area contributed by atoms with E-state index in [2.05, 4.69) is 0 Å². The van der Waals surface area contributed by atoms with Gasteiger partial charge in [-0.2, -0.15) is 0 Å². The summed E-state index contributed by atoms with van der Waals surface area (Å²) in [7, 11) is 1.53. The molecule has 2 aliphatic heterocycles. The Kier molecular flexibility index (Phi) is 4.72. The van der Waals surface area contributed by atoms with E-state index in [4.69, 9.17) is 25.8 Å². The zero-order chi connectivity index (χ0) is 19.0. The number of fused-ring (bicyclic) bond motifs is 1. The Morgan fingerprint density at radius 3 is 2.74 bits per heavy atom. The number of rotatable bonds is 4. The number of imide groups is 1. The van der Waals surface area contributed by atoms with E-state index in [0.717, 1.165) is 17.3 Å². The van der Waals surface area contributed by atoms with E-state index in [9.17, 15) is 9.59 Å². The van der Waals surface area contributed by atoms with Crippen molar-refractivity contribution in [3.05, 3.63) is 57.5 Å². The predicted octanol–water partition coefficient (Wildman–Crippen LogP) is 4.31. The minimum absolute atomic E-state index is 0.118. The van der Waals surface area contributed by atoms with Crippen LogP contribution in [0.1, 0.15) is 11.1 Å². The van der Waals surface area contributed by atoms with Crippen LogP contribution in [-0.4, -0.2) is 29.9 Å². The van der Waals surface area contributed by atoms with E-state index >= 15 is 0 Å². The minimum Gasteiger partial charge on any atom is -0.493 e. The van der Waals surface area contributed by atoms with Gasteiger partial charge in [0.05, 0.1) is 18.6 Å². The van der Waals surface area contributed by atoms with Crippen LogP contribution in [0.3, 0.4) is 0 Å². The first-order chi connectivity index (χ1) is 13.0. The van der Waals surface area contributed by atoms with Crippen molar-refractivity contribution in [1.29, 1.82) is 0 Å². The summed E-state index contributed by atoms with van der Waals surface area (Å²) in [6.07, 6.45) is 1.65. The Balaban J connectivity index is 1.59. The van der Waals surface area contributed by atoms with Crippen LogP contribution in [-0.2, 0) is 11.3 Å². The van der Waals surface area contributed by atoms with Crippen LogP contribution in [0.25, 0.3) is 6.08 Å². The first kappa shape index (κ1) is 17.8. The molecule has 27 heavy (non-hydrogen) atoms. The minimum atomic E-state index is -0.336. The maximum atomic E-state index is 12.7. The molecule has 2 amide bonds. The lowest BCUT2D eigenvalue weighted by atomic mass is 10.1. The van der Waals surface area contributed by atoms with Gasteiger partial charge in [-0.05, 0) is 53.2 Å². The van der Waals surface area contributed by atoms with Gasteiger partial charge in [-0.1, -0.05) is 23.7 Å². The van der Waals surface area contributed by atoms with E-state index in [1.807, 2.05) is 0 Å². The fourth-order valence-electron chi connectivity index (χ4n) is 2.79. The molecule has 0 aromatic heterocycles. The molecule has 2 aliphatic rings. The van der Waals surface area contributed by atoms with Crippen molar-refractivity contribution in [2.45, 2.75) is 6.54 Å². The summed E-state index contributed by atoms with van der Waals surface area (Å²) in [5.74, 6) is 1.25.